The number of nitriles is 1. The fraction of sp³-hybridized carbons (Fsp3) is 0.183. The van der Waals surface area contributed by atoms with Crippen LogP contribution in [0.4, 0.5) is 89.4 Å². The quantitative estimate of drug-likeness (QED) is 0.0107. The molecule has 0 unspecified atom stereocenters. The number of halogens is 2. The maximum absolute atomic E-state index is 14.4. The number of hydrogen-bond acceptors (Lipinski definition) is 26. The summed E-state index contributed by atoms with van der Waals surface area (Å²) in [6.07, 6.45) is 13.9. The van der Waals surface area contributed by atoms with Gasteiger partial charge in [-0.2, -0.15) is 15.2 Å². The van der Waals surface area contributed by atoms with Gasteiger partial charge in [0.15, 0.2) is 52.1 Å². The van der Waals surface area contributed by atoms with Gasteiger partial charge in [-0.05, 0) is 191 Å². The van der Waals surface area contributed by atoms with Crippen molar-refractivity contribution in [2.75, 3.05) is 96.2 Å². The summed E-state index contributed by atoms with van der Waals surface area (Å²) in [4.78, 5) is 123. The predicted octanol–water partition coefficient (Wildman–Crippen LogP) is 22.1. The number of nitrogens with one attached hydrogen (secondary N) is 9. The maximum Gasteiger partial charge on any atom is 0.293 e. The van der Waals surface area contributed by atoms with E-state index in [1.165, 1.54) is 48.0 Å². The topological polar surface area (TPSA) is 404 Å². The number of amides is 4. The minimum Gasteiger partial charge on any atom is -0.491 e. The van der Waals surface area contributed by atoms with E-state index >= 15 is 0 Å². The molecule has 4 amide bonds. The van der Waals surface area contributed by atoms with Crippen LogP contribution in [0.15, 0.2) is 328 Å². The van der Waals surface area contributed by atoms with Crippen molar-refractivity contribution in [3.63, 3.8) is 0 Å². The van der Waals surface area contributed by atoms with Gasteiger partial charge in [-0.15, -0.1) is 0 Å². The average Bonchev–Trinajstić information content (AvgIpc) is 1.78. The maximum atomic E-state index is 14.4. The van der Waals surface area contributed by atoms with Gasteiger partial charge in [0, 0.05) is 164 Å². The number of imidazole rings is 1. The Kier molecular flexibility index (Phi) is 37.2. The molecule has 0 atom stereocenters. The van der Waals surface area contributed by atoms with Crippen LogP contribution in [0.25, 0.3) is 28.2 Å². The first-order valence-corrected chi connectivity index (χ1v) is 47.4. The molecule has 16 aromatic rings. The van der Waals surface area contributed by atoms with Gasteiger partial charge in [0.25, 0.3) is 17.4 Å². The normalized spacial score (nSPS) is 11.3. The number of rotatable bonds is 32. The SMILES string of the molecule is C=CC(=O)Nc1cccc(Nc2nc(Nc3ccc(OCCOC)cc3)ncc2F)c1.C=CC(=O)Nc1cccc(Nc2nc(Nc3ccc(Oc4ccnc(C(=O)NC)c4)cc3)ncc2F)c1.CC#N.CC(C)(C)c1ccc(C(=O)Cc2cccc(-c3cn4ccnc4c(Nc4ccccc4)n3)c2)cc1.Cc1c(CC(=O)c2ccc(C(C)(C)C)cc2)cccc1-c1cn(C)c(=O)c(Nc2ccc(C(=O)N3CCOCC3)cc2)n1. The molecule has 6 aromatic heterocycles. The monoisotopic (exact) mass is 2000 g/mol. The van der Waals surface area contributed by atoms with Crippen molar-refractivity contribution in [1.29, 1.82) is 5.26 Å². The highest BCUT2D eigenvalue weighted by molar-refractivity contribution is 6.01. The number of ketones is 2. The third kappa shape index (κ3) is 31.0. The standard InChI is InChI=1S/C35H38N4O4.C30H28N4O.C26H22FN7O3.C22H22FN5O3.C2H3N/c1-23-26(21-31(40)24-9-13-27(14-10-24)35(2,3)4)7-6-8-29(23)30-22-38(5)34(42)32(37-30)36-28-15-11-25(12-16-28)33(41)39-17-19-43-20-18-39;1-30(2,3)24-14-12-22(13-15-24)27(35)19-21-8-7-9-23(18-21)26-20-34-17-16-31-29(34)28(33-26)32-25-10-5-4-6-11-25;1-3-23(35)31-17-5-4-6-18(13-17)32-24-21(27)15-30-26(34-24)33-16-7-9-19(10-8-16)37-20-11-12-29-22(14-20)25(36)28-2;1-3-20(29)25-16-5-4-6-17(13-16)26-21-19(23)14-24-22(28-21)27-15-7-9-18(10-8-15)31-12-11-30-2;1-2-3/h6-16,22H,17-21H2,1-5H3,(H,36,37);4-18,20H,19H2,1-3H3,(H,32,33);3-15H,1H2,2H3,(H,28,36)(H,31,35)(H2,30,32,33,34);3-10,13-14H,1,11-12H2,2H3,(H,25,29)(H2,24,26,27,28);1H3. The van der Waals surface area contributed by atoms with Crippen molar-refractivity contribution in [2.24, 2.45) is 7.05 Å². The number of carbonyl (C=O) groups is 6. The van der Waals surface area contributed by atoms with Crippen LogP contribution >= 0.6 is 0 Å². The van der Waals surface area contributed by atoms with Crippen LogP contribution in [0.3, 0.4) is 0 Å². The number of Topliss-reactive ketones (excluding diaryl/α,β-unsaturated/α-hetero) is 2. The number of nitrogens with zero attached hydrogens (tertiary/aromatic N) is 12. The van der Waals surface area contributed by atoms with E-state index in [1.807, 2.05) is 133 Å². The first kappa shape index (κ1) is 108. The zero-order chi connectivity index (χ0) is 106. The second-order valence-electron chi connectivity index (χ2n) is 35.8. The zero-order valence-electron chi connectivity index (χ0n) is 84.1. The Hall–Kier alpha value is -18.6. The molecule has 34 heteroatoms. The summed E-state index contributed by atoms with van der Waals surface area (Å²) in [5.74, 6) is 0.701. The van der Waals surface area contributed by atoms with Gasteiger partial charge < -0.3 is 80.7 Å². The number of hydrogen-bond donors (Lipinski definition) is 9. The van der Waals surface area contributed by atoms with E-state index in [9.17, 15) is 42.3 Å². The second kappa shape index (κ2) is 51.6. The van der Waals surface area contributed by atoms with Crippen LogP contribution in [0.2, 0.25) is 0 Å². The third-order valence-corrected chi connectivity index (χ3v) is 22.8. The smallest absolute Gasteiger partial charge is 0.293 e. The van der Waals surface area contributed by atoms with Crippen molar-refractivity contribution in [3.05, 3.63) is 396 Å². The Morgan fingerprint density at radius 2 is 1.00 bits per heavy atom. The van der Waals surface area contributed by atoms with Gasteiger partial charge in [-0.3, -0.25) is 38.5 Å². The number of ether oxygens (including phenoxy) is 4. The van der Waals surface area contributed by atoms with E-state index in [2.05, 4.69) is 150 Å². The van der Waals surface area contributed by atoms with Crippen LogP contribution in [0.1, 0.15) is 118 Å². The van der Waals surface area contributed by atoms with Gasteiger partial charge in [-0.1, -0.05) is 170 Å². The number of methoxy groups -OCH3 is 1. The fourth-order valence-corrected chi connectivity index (χ4v) is 14.9. The highest BCUT2D eigenvalue weighted by Gasteiger charge is 2.24. The van der Waals surface area contributed by atoms with Crippen molar-refractivity contribution in [2.45, 2.75) is 79.1 Å². The first-order valence-electron chi connectivity index (χ1n) is 47.4. The summed E-state index contributed by atoms with van der Waals surface area (Å²) in [6, 6.07) is 79.2. The summed E-state index contributed by atoms with van der Waals surface area (Å²) in [5.41, 5.74) is 16.3. The Bertz CT molecular complexity index is 7520. The summed E-state index contributed by atoms with van der Waals surface area (Å²) < 4.78 is 53.7. The van der Waals surface area contributed by atoms with E-state index < -0.39 is 11.6 Å². The molecule has 758 valence electrons. The highest BCUT2D eigenvalue weighted by atomic mass is 19.1. The lowest BCUT2D eigenvalue weighted by Crippen LogP contribution is -2.40. The van der Waals surface area contributed by atoms with Gasteiger partial charge in [0.2, 0.25) is 23.7 Å². The van der Waals surface area contributed by atoms with Crippen LogP contribution < -0.4 is 62.9 Å². The molecule has 0 bridgehead atoms. The van der Waals surface area contributed by atoms with Crippen molar-refractivity contribution >= 4 is 122 Å². The molecule has 32 nitrogen and oxygen atoms in total. The Morgan fingerprint density at radius 3 is 1.56 bits per heavy atom. The lowest BCUT2D eigenvalue weighted by molar-refractivity contribution is -0.112. The minimum absolute atomic E-state index is 0.00998. The van der Waals surface area contributed by atoms with Crippen LogP contribution in [-0.2, 0) is 49.8 Å². The molecule has 0 aliphatic carbocycles. The van der Waals surface area contributed by atoms with E-state index in [0.717, 1.165) is 68.9 Å². The summed E-state index contributed by atoms with van der Waals surface area (Å²) in [7, 11) is 4.82. The van der Waals surface area contributed by atoms with E-state index in [1.54, 1.807) is 165 Å². The molecule has 0 radical (unpaired) electrons. The van der Waals surface area contributed by atoms with E-state index in [-0.39, 0.29) is 93.0 Å². The Morgan fingerprint density at radius 1 is 0.503 bits per heavy atom. The fourth-order valence-electron chi connectivity index (χ4n) is 14.9. The van der Waals surface area contributed by atoms with Gasteiger partial charge >= 0.3 is 0 Å². The molecule has 1 saturated heterocycles. The molecule has 9 N–H and O–H groups in total. The molecular weight excluding hydrogens is 1890 g/mol. The lowest BCUT2D eigenvalue weighted by atomic mass is 9.86. The summed E-state index contributed by atoms with van der Waals surface area (Å²) in [6.45, 7) is 26.4. The van der Waals surface area contributed by atoms with E-state index in [4.69, 9.17) is 29.2 Å². The highest BCUT2D eigenvalue weighted by Crippen LogP contribution is 2.34. The number of para-hydroxylation sites is 1. The molecule has 1 aliphatic rings. The molecule has 0 saturated carbocycles. The van der Waals surface area contributed by atoms with Crippen LogP contribution in [-0.4, -0.2) is 143 Å². The number of fused-ring (bicyclic) bond motifs is 1. The van der Waals surface area contributed by atoms with Crippen LogP contribution in [0, 0.1) is 29.9 Å². The lowest BCUT2D eigenvalue weighted by Gasteiger charge is -2.26. The zero-order valence-corrected chi connectivity index (χ0v) is 84.1. The molecule has 10 aromatic carbocycles. The number of anilines is 14. The van der Waals surface area contributed by atoms with Gasteiger partial charge in [0.1, 0.15) is 29.5 Å². The molecule has 149 heavy (non-hydrogen) atoms. The third-order valence-electron chi connectivity index (χ3n) is 22.8. The van der Waals surface area contributed by atoms with Crippen molar-refractivity contribution in [3.8, 4) is 45.8 Å². The summed E-state index contributed by atoms with van der Waals surface area (Å²) in [5, 5.41) is 33.4. The second-order valence-corrected chi connectivity index (χ2v) is 35.8. The molecule has 1 fully saturated rings. The van der Waals surface area contributed by atoms with Crippen molar-refractivity contribution in [1.82, 2.24) is 59.1 Å². The minimum atomic E-state index is -0.650. The molecule has 0 spiro atoms. The number of morpholine rings is 1. The number of carbonyl (C=O) groups excluding carboxylic acids is 6. The number of benzene rings is 10. The largest absolute Gasteiger partial charge is 0.491 e. The number of aryl methyl sites for hydroxylation is 1. The van der Waals surface area contributed by atoms with Gasteiger partial charge in [0.05, 0.1) is 49.7 Å². The Labute approximate surface area is 861 Å². The average molecular weight is 2000 g/mol. The Balaban J connectivity index is 0.000000165. The van der Waals surface area contributed by atoms with Crippen LogP contribution in [0.5, 0.6) is 17.2 Å². The number of aromatic nitrogens is 10. The molecule has 17 rings (SSSR count). The summed E-state index contributed by atoms with van der Waals surface area (Å²) >= 11 is 0. The molecular formula is C115H113F2N21O11. The predicted molar refractivity (Wildman–Crippen MR) is 577 cm³/mol. The number of pyridine rings is 1. The molecule has 1 aliphatic heterocycles. The first-order chi connectivity index (χ1) is 71.8. The van der Waals surface area contributed by atoms with Gasteiger partial charge in [-0.25, -0.2) is 33.7 Å². The van der Waals surface area contributed by atoms with Crippen molar-refractivity contribution < 1.29 is 56.5 Å². The van der Waals surface area contributed by atoms with E-state index in [0.29, 0.717) is 126 Å². The molecule has 7 heterocycles.